The first-order chi connectivity index (χ1) is 5.29. The van der Waals surface area contributed by atoms with Gasteiger partial charge in [-0.25, -0.2) is 0 Å². The van der Waals surface area contributed by atoms with Crippen LogP contribution in [-0.4, -0.2) is 30.3 Å². The molecule has 0 aromatic carbocycles. The molecule has 62 valence electrons. The molecule has 0 amide bonds. The Hall–Kier alpha value is -0.630. The molecule has 0 spiro atoms. The molecule has 2 heteroatoms. The molecule has 0 atom stereocenters. The van der Waals surface area contributed by atoms with Gasteiger partial charge in [-0.3, -0.25) is 9.69 Å². The zero-order chi connectivity index (χ0) is 8.10. The fourth-order valence-electron chi connectivity index (χ4n) is 1.21. The first-order valence-corrected chi connectivity index (χ1v) is 4.16. The van der Waals surface area contributed by atoms with E-state index in [4.69, 9.17) is 0 Å². The molecule has 0 N–H and O–H groups in total. The van der Waals surface area contributed by atoms with Gasteiger partial charge in [-0.1, -0.05) is 12.2 Å². The molecule has 1 heterocycles. The van der Waals surface area contributed by atoms with Gasteiger partial charge in [0.15, 0.2) is 0 Å². The summed E-state index contributed by atoms with van der Waals surface area (Å²) in [7, 11) is 0. The van der Waals surface area contributed by atoms with E-state index in [2.05, 4.69) is 17.1 Å². The second-order valence-electron chi connectivity index (χ2n) is 3.01. The number of ketones is 1. The molecule has 1 rings (SSSR count). The van der Waals surface area contributed by atoms with E-state index in [-0.39, 0.29) is 0 Å². The van der Waals surface area contributed by atoms with Crippen molar-refractivity contribution in [3.63, 3.8) is 0 Å². The maximum atomic E-state index is 10.6. The number of rotatable bonds is 3. The van der Waals surface area contributed by atoms with Crippen LogP contribution in [0.25, 0.3) is 0 Å². The molecule has 0 fully saturated rings. The third-order valence-electron chi connectivity index (χ3n) is 1.92. The number of Topliss-reactive ketones (excluding diaryl/α,β-unsaturated/α-hetero) is 1. The molecule has 1 aliphatic rings. The van der Waals surface area contributed by atoms with Gasteiger partial charge in [-0.15, -0.1) is 0 Å². The van der Waals surface area contributed by atoms with Gasteiger partial charge < -0.3 is 0 Å². The fraction of sp³-hybridized carbons (Fsp3) is 0.667. The second kappa shape index (κ2) is 4.29. The van der Waals surface area contributed by atoms with Gasteiger partial charge in [0.05, 0.1) is 0 Å². The van der Waals surface area contributed by atoms with Crippen LogP contribution in [0.1, 0.15) is 19.8 Å². The Labute approximate surface area is 67.9 Å². The van der Waals surface area contributed by atoms with Gasteiger partial charge in [0.25, 0.3) is 0 Å². The summed E-state index contributed by atoms with van der Waals surface area (Å²) in [6.07, 6.45) is 6.21. The predicted molar refractivity (Wildman–Crippen MR) is 45.5 cm³/mol. The van der Waals surface area contributed by atoms with Crippen molar-refractivity contribution in [3.8, 4) is 0 Å². The van der Waals surface area contributed by atoms with Crippen LogP contribution in [0, 0.1) is 0 Å². The molecular formula is C9H15NO. The summed E-state index contributed by atoms with van der Waals surface area (Å²) in [5, 5.41) is 0. The van der Waals surface area contributed by atoms with Gasteiger partial charge >= 0.3 is 0 Å². The molecule has 0 saturated carbocycles. The van der Waals surface area contributed by atoms with Crippen molar-refractivity contribution in [2.24, 2.45) is 0 Å². The molecule has 0 aromatic heterocycles. The highest BCUT2D eigenvalue weighted by Gasteiger charge is 2.05. The topological polar surface area (TPSA) is 20.3 Å². The number of carbonyl (C=O) groups is 1. The highest BCUT2D eigenvalue weighted by atomic mass is 16.1. The van der Waals surface area contributed by atoms with Crippen LogP contribution in [0.15, 0.2) is 12.2 Å². The molecule has 0 aliphatic carbocycles. The quantitative estimate of drug-likeness (QED) is 0.568. The summed E-state index contributed by atoms with van der Waals surface area (Å²) in [5.74, 6) is 0.291. The summed E-state index contributed by atoms with van der Waals surface area (Å²) in [6, 6.07) is 0. The van der Waals surface area contributed by atoms with Gasteiger partial charge in [-0.2, -0.15) is 0 Å². The van der Waals surface area contributed by atoms with Crippen molar-refractivity contribution in [3.05, 3.63) is 12.2 Å². The summed E-state index contributed by atoms with van der Waals surface area (Å²) in [6.45, 7) is 4.72. The molecule has 0 radical (unpaired) electrons. The zero-order valence-electron chi connectivity index (χ0n) is 7.05. The van der Waals surface area contributed by atoms with Crippen molar-refractivity contribution < 1.29 is 4.79 Å². The van der Waals surface area contributed by atoms with Crippen LogP contribution in [0.3, 0.4) is 0 Å². The number of hydrogen-bond donors (Lipinski definition) is 0. The summed E-state index contributed by atoms with van der Waals surface area (Å²) in [5.41, 5.74) is 0. The number of carbonyl (C=O) groups excluding carboxylic acids is 1. The predicted octanol–water partition coefficient (Wildman–Crippen LogP) is 1.23. The minimum absolute atomic E-state index is 0.291. The molecule has 0 unspecified atom stereocenters. The molecular weight excluding hydrogens is 138 g/mol. The smallest absolute Gasteiger partial charge is 0.131 e. The monoisotopic (exact) mass is 153 g/mol. The van der Waals surface area contributed by atoms with E-state index in [1.807, 2.05) is 0 Å². The van der Waals surface area contributed by atoms with Gasteiger partial charge in [-0.05, 0) is 13.3 Å². The van der Waals surface area contributed by atoms with Crippen LogP contribution in [0.5, 0.6) is 0 Å². The molecule has 0 saturated heterocycles. The van der Waals surface area contributed by atoms with E-state index >= 15 is 0 Å². The SMILES string of the molecule is CC(=O)CCN1CC=CCC1. The Kier molecular flexibility index (Phi) is 3.30. The van der Waals surface area contributed by atoms with Crippen LogP contribution in [0.4, 0.5) is 0 Å². The van der Waals surface area contributed by atoms with Crippen molar-refractivity contribution in [2.75, 3.05) is 19.6 Å². The Bertz CT molecular complexity index is 163. The minimum Gasteiger partial charge on any atom is -0.300 e. The Morgan fingerprint density at radius 3 is 2.91 bits per heavy atom. The van der Waals surface area contributed by atoms with E-state index in [1.54, 1.807) is 6.92 Å². The lowest BCUT2D eigenvalue weighted by atomic mass is 10.2. The molecule has 11 heavy (non-hydrogen) atoms. The average Bonchev–Trinajstić information content (AvgIpc) is 2.03. The third-order valence-corrected chi connectivity index (χ3v) is 1.92. The van der Waals surface area contributed by atoms with E-state index in [0.717, 1.165) is 26.1 Å². The first-order valence-electron chi connectivity index (χ1n) is 4.16. The van der Waals surface area contributed by atoms with Crippen molar-refractivity contribution in [1.82, 2.24) is 4.90 Å². The molecule has 0 bridgehead atoms. The fourth-order valence-corrected chi connectivity index (χ4v) is 1.21. The normalized spacial score (nSPS) is 18.6. The van der Waals surface area contributed by atoms with E-state index in [9.17, 15) is 4.79 Å². The molecule has 0 aromatic rings. The van der Waals surface area contributed by atoms with Crippen molar-refractivity contribution in [2.45, 2.75) is 19.8 Å². The summed E-state index contributed by atoms with van der Waals surface area (Å²) >= 11 is 0. The largest absolute Gasteiger partial charge is 0.300 e. The van der Waals surface area contributed by atoms with Crippen molar-refractivity contribution in [1.29, 1.82) is 0 Å². The lowest BCUT2D eigenvalue weighted by Gasteiger charge is -2.21. The van der Waals surface area contributed by atoms with Crippen LogP contribution in [-0.2, 0) is 4.79 Å². The maximum absolute atomic E-state index is 10.6. The summed E-state index contributed by atoms with van der Waals surface area (Å²) in [4.78, 5) is 12.9. The lowest BCUT2D eigenvalue weighted by molar-refractivity contribution is -0.117. The molecule has 1 aliphatic heterocycles. The summed E-state index contributed by atoms with van der Waals surface area (Å²) < 4.78 is 0. The van der Waals surface area contributed by atoms with E-state index < -0.39 is 0 Å². The Morgan fingerprint density at radius 2 is 2.36 bits per heavy atom. The third kappa shape index (κ3) is 3.33. The number of hydrogen-bond acceptors (Lipinski definition) is 2. The highest BCUT2D eigenvalue weighted by molar-refractivity contribution is 5.75. The second-order valence-corrected chi connectivity index (χ2v) is 3.01. The van der Waals surface area contributed by atoms with Crippen molar-refractivity contribution >= 4 is 5.78 Å². The Balaban J connectivity index is 2.16. The number of nitrogens with zero attached hydrogens (tertiary/aromatic N) is 1. The molecule has 2 nitrogen and oxygen atoms in total. The average molecular weight is 153 g/mol. The van der Waals surface area contributed by atoms with Gasteiger partial charge in [0, 0.05) is 26.1 Å². The van der Waals surface area contributed by atoms with Crippen LogP contribution < -0.4 is 0 Å². The van der Waals surface area contributed by atoms with Gasteiger partial charge in [0.1, 0.15) is 5.78 Å². The standard InChI is InChI=1S/C9H15NO/c1-9(11)5-8-10-6-3-2-4-7-10/h2-3H,4-8H2,1H3. The minimum atomic E-state index is 0.291. The van der Waals surface area contributed by atoms with Gasteiger partial charge in [0.2, 0.25) is 0 Å². The maximum Gasteiger partial charge on any atom is 0.131 e. The Morgan fingerprint density at radius 1 is 1.55 bits per heavy atom. The highest BCUT2D eigenvalue weighted by Crippen LogP contribution is 2.01. The van der Waals surface area contributed by atoms with E-state index in [0.29, 0.717) is 12.2 Å². The zero-order valence-corrected chi connectivity index (χ0v) is 7.05. The van der Waals surface area contributed by atoms with Crippen LogP contribution in [0.2, 0.25) is 0 Å². The van der Waals surface area contributed by atoms with Crippen LogP contribution >= 0.6 is 0 Å². The van der Waals surface area contributed by atoms with E-state index in [1.165, 1.54) is 0 Å². The lowest BCUT2D eigenvalue weighted by Crippen LogP contribution is -2.29. The first kappa shape index (κ1) is 8.47.